The zero-order valence-electron chi connectivity index (χ0n) is 17.2. The van der Waals surface area contributed by atoms with E-state index < -0.39 is 0 Å². The van der Waals surface area contributed by atoms with Crippen LogP contribution in [0, 0.1) is 0 Å². The first kappa shape index (κ1) is 21.3. The SMILES string of the molecule is CCCCCCCCCCCCCCCCN1COc2ccccc2C1. The van der Waals surface area contributed by atoms with Gasteiger partial charge in [-0.05, 0) is 12.5 Å². The predicted molar refractivity (Wildman–Crippen MR) is 113 cm³/mol. The Morgan fingerprint density at radius 1 is 0.731 bits per heavy atom. The minimum absolute atomic E-state index is 0.759. The second-order valence-electron chi connectivity index (χ2n) is 8.03. The molecule has 0 aliphatic carbocycles. The quantitative estimate of drug-likeness (QED) is 0.304. The van der Waals surface area contributed by atoms with Crippen LogP contribution in [0.25, 0.3) is 0 Å². The molecule has 2 nitrogen and oxygen atoms in total. The molecule has 0 N–H and O–H groups in total. The van der Waals surface area contributed by atoms with E-state index in [1.165, 1.54) is 102 Å². The van der Waals surface area contributed by atoms with Crippen molar-refractivity contribution in [2.75, 3.05) is 13.3 Å². The maximum absolute atomic E-state index is 5.83. The summed E-state index contributed by atoms with van der Waals surface area (Å²) in [5.41, 5.74) is 1.34. The third-order valence-electron chi connectivity index (χ3n) is 5.60. The van der Waals surface area contributed by atoms with Crippen molar-refractivity contribution < 1.29 is 4.74 Å². The van der Waals surface area contributed by atoms with Gasteiger partial charge in [-0.1, -0.05) is 109 Å². The van der Waals surface area contributed by atoms with Gasteiger partial charge < -0.3 is 4.74 Å². The first-order valence-electron chi connectivity index (χ1n) is 11.3. The van der Waals surface area contributed by atoms with Crippen molar-refractivity contribution in [3.63, 3.8) is 0 Å². The summed E-state index contributed by atoms with van der Waals surface area (Å²) in [6.45, 7) is 5.28. The minimum atomic E-state index is 0.759. The van der Waals surface area contributed by atoms with Crippen molar-refractivity contribution in [1.29, 1.82) is 0 Å². The van der Waals surface area contributed by atoms with Crippen LogP contribution < -0.4 is 4.74 Å². The van der Waals surface area contributed by atoms with E-state index in [0.717, 1.165) is 19.0 Å². The van der Waals surface area contributed by atoms with Crippen molar-refractivity contribution in [2.24, 2.45) is 0 Å². The van der Waals surface area contributed by atoms with Gasteiger partial charge in [-0.3, -0.25) is 4.90 Å². The lowest BCUT2D eigenvalue weighted by atomic mass is 10.0. The Balaban J connectivity index is 1.34. The monoisotopic (exact) mass is 359 g/mol. The Morgan fingerprint density at radius 3 is 1.88 bits per heavy atom. The largest absolute Gasteiger partial charge is 0.478 e. The van der Waals surface area contributed by atoms with Crippen LogP contribution in [0.4, 0.5) is 0 Å². The highest BCUT2D eigenvalue weighted by Gasteiger charge is 2.15. The van der Waals surface area contributed by atoms with Crippen molar-refractivity contribution >= 4 is 0 Å². The molecular weight excluding hydrogens is 318 g/mol. The number of rotatable bonds is 15. The van der Waals surface area contributed by atoms with E-state index in [1.54, 1.807) is 0 Å². The van der Waals surface area contributed by atoms with Gasteiger partial charge in [0.1, 0.15) is 12.5 Å². The maximum atomic E-state index is 5.83. The number of fused-ring (bicyclic) bond motifs is 1. The molecule has 0 bridgehead atoms. The van der Waals surface area contributed by atoms with Crippen molar-refractivity contribution in [3.05, 3.63) is 29.8 Å². The normalized spacial score (nSPS) is 14.2. The van der Waals surface area contributed by atoms with Gasteiger partial charge in [-0.2, -0.15) is 0 Å². The first-order chi connectivity index (χ1) is 12.9. The van der Waals surface area contributed by atoms with Crippen LogP contribution in [0.2, 0.25) is 0 Å². The van der Waals surface area contributed by atoms with Gasteiger partial charge in [0.15, 0.2) is 0 Å². The molecular formula is C24H41NO. The number of unbranched alkanes of at least 4 members (excludes halogenated alkanes) is 13. The van der Waals surface area contributed by atoms with Crippen LogP contribution in [0.3, 0.4) is 0 Å². The van der Waals surface area contributed by atoms with Crippen LogP contribution in [0.15, 0.2) is 24.3 Å². The fourth-order valence-electron chi connectivity index (χ4n) is 3.90. The summed E-state index contributed by atoms with van der Waals surface area (Å²) in [6.07, 6.45) is 19.9. The first-order valence-corrected chi connectivity index (χ1v) is 11.3. The van der Waals surface area contributed by atoms with Crippen LogP contribution in [-0.2, 0) is 6.54 Å². The topological polar surface area (TPSA) is 12.5 Å². The van der Waals surface area contributed by atoms with Gasteiger partial charge in [-0.25, -0.2) is 0 Å². The molecule has 148 valence electrons. The molecule has 0 amide bonds. The standard InChI is InChI=1S/C24H41NO/c1-2-3-4-5-6-7-8-9-10-11-12-13-14-17-20-25-21-23-18-15-16-19-24(23)26-22-25/h15-16,18-19H,2-14,17,20-22H2,1H3. The summed E-state index contributed by atoms with van der Waals surface area (Å²) in [5, 5.41) is 0. The smallest absolute Gasteiger partial charge is 0.142 e. The van der Waals surface area contributed by atoms with Crippen molar-refractivity contribution in [1.82, 2.24) is 4.90 Å². The third kappa shape index (κ3) is 9.07. The summed E-state index contributed by atoms with van der Waals surface area (Å²) < 4.78 is 5.83. The molecule has 0 radical (unpaired) electrons. The molecule has 26 heavy (non-hydrogen) atoms. The third-order valence-corrected chi connectivity index (χ3v) is 5.60. The summed E-state index contributed by atoms with van der Waals surface area (Å²) in [7, 11) is 0. The number of nitrogens with zero attached hydrogens (tertiary/aromatic N) is 1. The molecule has 0 saturated carbocycles. The second-order valence-corrected chi connectivity index (χ2v) is 8.03. The highest BCUT2D eigenvalue weighted by molar-refractivity contribution is 5.34. The number of ether oxygens (including phenoxy) is 1. The zero-order chi connectivity index (χ0) is 18.3. The van der Waals surface area contributed by atoms with E-state index in [4.69, 9.17) is 4.74 Å². The average Bonchev–Trinajstić information content (AvgIpc) is 2.68. The van der Waals surface area contributed by atoms with Crippen LogP contribution in [0.1, 0.15) is 102 Å². The highest BCUT2D eigenvalue weighted by atomic mass is 16.5. The molecule has 1 heterocycles. The summed E-state index contributed by atoms with van der Waals surface area (Å²) in [4.78, 5) is 2.43. The molecule has 1 aromatic rings. The van der Waals surface area contributed by atoms with Crippen molar-refractivity contribution in [3.8, 4) is 5.75 Å². The molecule has 0 fully saturated rings. The number of para-hydroxylation sites is 1. The maximum Gasteiger partial charge on any atom is 0.142 e. The molecule has 1 aromatic carbocycles. The summed E-state index contributed by atoms with van der Waals surface area (Å²) in [6, 6.07) is 8.44. The van der Waals surface area contributed by atoms with Crippen LogP contribution in [-0.4, -0.2) is 18.2 Å². The van der Waals surface area contributed by atoms with E-state index >= 15 is 0 Å². The lowest BCUT2D eigenvalue weighted by Crippen LogP contribution is -2.32. The van der Waals surface area contributed by atoms with Gasteiger partial charge in [0.2, 0.25) is 0 Å². The Hall–Kier alpha value is -1.02. The molecule has 2 heteroatoms. The van der Waals surface area contributed by atoms with Gasteiger partial charge in [0, 0.05) is 18.7 Å². The molecule has 0 unspecified atom stereocenters. The van der Waals surface area contributed by atoms with E-state index in [0.29, 0.717) is 0 Å². The Bertz CT molecular complexity index is 459. The fourth-order valence-corrected chi connectivity index (χ4v) is 3.90. The Labute approximate surface area is 162 Å². The number of hydrogen-bond acceptors (Lipinski definition) is 2. The van der Waals surface area contributed by atoms with Gasteiger partial charge in [0.25, 0.3) is 0 Å². The van der Waals surface area contributed by atoms with Crippen LogP contribution in [0.5, 0.6) is 5.75 Å². The van der Waals surface area contributed by atoms with E-state index in [9.17, 15) is 0 Å². The second kappa shape index (κ2) is 14.1. The molecule has 1 aliphatic heterocycles. The van der Waals surface area contributed by atoms with Gasteiger partial charge >= 0.3 is 0 Å². The van der Waals surface area contributed by atoms with Gasteiger partial charge in [0.05, 0.1) is 0 Å². The van der Waals surface area contributed by atoms with Gasteiger partial charge in [-0.15, -0.1) is 0 Å². The van der Waals surface area contributed by atoms with Crippen molar-refractivity contribution in [2.45, 2.75) is 103 Å². The lowest BCUT2D eigenvalue weighted by molar-refractivity contribution is 0.0935. The minimum Gasteiger partial charge on any atom is -0.478 e. The summed E-state index contributed by atoms with van der Waals surface area (Å²) in [5.74, 6) is 1.07. The average molecular weight is 360 g/mol. The van der Waals surface area contributed by atoms with E-state index in [1.807, 2.05) is 0 Å². The Kier molecular flexibility index (Phi) is 11.5. The predicted octanol–water partition coefficient (Wildman–Crippen LogP) is 7.32. The molecule has 0 atom stereocenters. The zero-order valence-corrected chi connectivity index (χ0v) is 17.2. The molecule has 0 saturated heterocycles. The number of benzene rings is 1. The molecule has 1 aliphatic rings. The highest BCUT2D eigenvalue weighted by Crippen LogP contribution is 2.24. The molecule has 0 aromatic heterocycles. The molecule has 0 spiro atoms. The molecule has 2 rings (SSSR count). The lowest BCUT2D eigenvalue weighted by Gasteiger charge is -2.28. The Morgan fingerprint density at radius 2 is 1.27 bits per heavy atom. The number of hydrogen-bond donors (Lipinski definition) is 0. The van der Waals surface area contributed by atoms with E-state index in [2.05, 4.69) is 36.1 Å². The summed E-state index contributed by atoms with van der Waals surface area (Å²) >= 11 is 0. The van der Waals surface area contributed by atoms with Crippen LogP contribution >= 0.6 is 0 Å². The van der Waals surface area contributed by atoms with E-state index in [-0.39, 0.29) is 0 Å². The fraction of sp³-hybridized carbons (Fsp3) is 0.750.